The van der Waals surface area contributed by atoms with Gasteiger partial charge in [-0.2, -0.15) is 0 Å². The van der Waals surface area contributed by atoms with Gasteiger partial charge in [-0.05, 0) is 30.3 Å². The Labute approximate surface area is 118 Å². The molecule has 20 heavy (non-hydrogen) atoms. The minimum Gasteiger partial charge on any atom is -0.497 e. The number of nitro groups is 1. The van der Waals surface area contributed by atoms with Gasteiger partial charge in [-0.15, -0.1) is 11.8 Å². The molecular formula is C13H11NO5S. The predicted octanol–water partition coefficient (Wildman–Crippen LogP) is 3.17. The lowest BCUT2D eigenvalue weighted by molar-refractivity contribution is -0.402. The highest BCUT2D eigenvalue weighted by molar-refractivity contribution is 8.00. The first-order valence-corrected chi connectivity index (χ1v) is 6.63. The van der Waals surface area contributed by atoms with Crippen LogP contribution in [0.25, 0.3) is 0 Å². The standard InChI is InChI=1S/C13H11NO5S/c1-18-9-2-4-10(5-3-9)20-8-11(15)12-6-7-13(19-12)14(16)17/h2-7H,8H2,1H3. The first kappa shape index (κ1) is 14.1. The highest BCUT2D eigenvalue weighted by Crippen LogP contribution is 2.23. The van der Waals surface area contributed by atoms with Crippen LogP contribution in [0.2, 0.25) is 0 Å². The van der Waals surface area contributed by atoms with Crippen LogP contribution in [0.3, 0.4) is 0 Å². The third-order valence-electron chi connectivity index (χ3n) is 2.48. The minimum absolute atomic E-state index is 0.00212. The van der Waals surface area contributed by atoms with Crippen molar-refractivity contribution in [1.82, 2.24) is 0 Å². The van der Waals surface area contributed by atoms with E-state index in [0.29, 0.717) is 0 Å². The van der Waals surface area contributed by atoms with Crippen molar-refractivity contribution < 1.29 is 18.9 Å². The van der Waals surface area contributed by atoms with Crippen molar-refractivity contribution >= 4 is 23.4 Å². The molecule has 104 valence electrons. The largest absolute Gasteiger partial charge is 0.497 e. The summed E-state index contributed by atoms with van der Waals surface area (Å²) < 4.78 is 9.88. The van der Waals surface area contributed by atoms with Crippen LogP contribution in [0.5, 0.6) is 5.75 Å². The van der Waals surface area contributed by atoms with Gasteiger partial charge in [0.05, 0.1) is 18.9 Å². The summed E-state index contributed by atoms with van der Waals surface area (Å²) in [6.07, 6.45) is 0. The lowest BCUT2D eigenvalue weighted by atomic mass is 10.3. The summed E-state index contributed by atoms with van der Waals surface area (Å²) in [5.41, 5.74) is 0. The first-order chi connectivity index (χ1) is 9.60. The van der Waals surface area contributed by atoms with E-state index in [2.05, 4.69) is 0 Å². The number of carbonyl (C=O) groups is 1. The maximum atomic E-state index is 11.8. The maximum Gasteiger partial charge on any atom is 0.433 e. The number of ketones is 1. The van der Waals surface area contributed by atoms with Gasteiger partial charge < -0.3 is 9.15 Å². The van der Waals surface area contributed by atoms with Crippen LogP contribution in [0.1, 0.15) is 10.6 Å². The lowest BCUT2D eigenvalue weighted by Gasteiger charge is -2.02. The molecule has 0 N–H and O–H groups in total. The number of benzene rings is 1. The normalized spacial score (nSPS) is 10.2. The molecule has 1 aromatic carbocycles. The summed E-state index contributed by atoms with van der Waals surface area (Å²) >= 11 is 1.33. The average molecular weight is 293 g/mol. The molecule has 0 aliphatic carbocycles. The summed E-state index contributed by atoms with van der Waals surface area (Å²) in [4.78, 5) is 22.5. The van der Waals surface area contributed by atoms with Gasteiger partial charge in [0, 0.05) is 4.90 Å². The van der Waals surface area contributed by atoms with Crippen LogP contribution >= 0.6 is 11.8 Å². The molecule has 2 rings (SSSR count). The van der Waals surface area contributed by atoms with Gasteiger partial charge in [-0.25, -0.2) is 0 Å². The van der Waals surface area contributed by atoms with Crippen LogP contribution in [-0.2, 0) is 0 Å². The summed E-state index contributed by atoms with van der Waals surface area (Å²) in [6, 6.07) is 9.75. The number of nitrogens with zero attached hydrogens (tertiary/aromatic N) is 1. The maximum absolute atomic E-state index is 11.8. The third-order valence-corrected chi connectivity index (χ3v) is 3.49. The summed E-state index contributed by atoms with van der Waals surface area (Å²) in [7, 11) is 1.58. The third kappa shape index (κ3) is 3.39. The summed E-state index contributed by atoms with van der Waals surface area (Å²) in [6.45, 7) is 0. The SMILES string of the molecule is COc1ccc(SCC(=O)c2ccc([N+](=O)[O-])o2)cc1. The molecule has 0 spiro atoms. The fourth-order valence-corrected chi connectivity index (χ4v) is 2.24. The molecule has 0 amide bonds. The van der Waals surface area contributed by atoms with Gasteiger partial charge in [0.1, 0.15) is 10.7 Å². The van der Waals surface area contributed by atoms with Crippen molar-refractivity contribution in [2.24, 2.45) is 0 Å². The molecule has 0 saturated heterocycles. The molecule has 6 nitrogen and oxygen atoms in total. The molecule has 0 atom stereocenters. The zero-order chi connectivity index (χ0) is 14.5. The Morgan fingerprint density at radius 1 is 1.30 bits per heavy atom. The smallest absolute Gasteiger partial charge is 0.433 e. The monoisotopic (exact) mass is 293 g/mol. The minimum atomic E-state index is -0.673. The number of Topliss-reactive ketones (excluding diaryl/α,β-unsaturated/α-hetero) is 1. The molecular weight excluding hydrogens is 282 g/mol. The van der Waals surface area contributed by atoms with Crippen molar-refractivity contribution in [3.63, 3.8) is 0 Å². The van der Waals surface area contributed by atoms with E-state index in [0.717, 1.165) is 10.6 Å². The average Bonchev–Trinajstić information content (AvgIpc) is 2.95. The Kier molecular flexibility index (Phi) is 4.41. The van der Waals surface area contributed by atoms with Gasteiger partial charge in [0.15, 0.2) is 5.76 Å². The van der Waals surface area contributed by atoms with Crippen molar-refractivity contribution in [2.45, 2.75) is 4.90 Å². The second-order valence-electron chi connectivity index (χ2n) is 3.78. The fraction of sp³-hybridized carbons (Fsp3) is 0.154. The zero-order valence-electron chi connectivity index (χ0n) is 10.6. The molecule has 0 bridgehead atoms. The first-order valence-electron chi connectivity index (χ1n) is 5.64. The Bertz CT molecular complexity index is 620. The van der Waals surface area contributed by atoms with Crippen LogP contribution in [0.4, 0.5) is 5.88 Å². The quantitative estimate of drug-likeness (QED) is 0.352. The predicted molar refractivity (Wildman–Crippen MR) is 73.4 cm³/mol. The molecule has 1 heterocycles. The Morgan fingerprint density at radius 2 is 2.00 bits per heavy atom. The second kappa shape index (κ2) is 6.25. The highest BCUT2D eigenvalue weighted by atomic mass is 32.2. The number of thioether (sulfide) groups is 1. The van der Waals surface area contributed by atoms with Gasteiger partial charge in [-0.3, -0.25) is 14.9 Å². The lowest BCUT2D eigenvalue weighted by Crippen LogP contribution is -2.00. The van der Waals surface area contributed by atoms with E-state index in [9.17, 15) is 14.9 Å². The zero-order valence-corrected chi connectivity index (χ0v) is 11.4. The van der Waals surface area contributed by atoms with E-state index in [-0.39, 0.29) is 17.3 Å². The van der Waals surface area contributed by atoms with Gasteiger partial charge in [0.2, 0.25) is 5.78 Å². The van der Waals surface area contributed by atoms with Crippen LogP contribution < -0.4 is 4.74 Å². The van der Waals surface area contributed by atoms with Crippen molar-refractivity contribution in [3.8, 4) is 5.75 Å². The fourth-order valence-electron chi connectivity index (χ4n) is 1.47. The van der Waals surface area contributed by atoms with Gasteiger partial charge >= 0.3 is 5.88 Å². The molecule has 7 heteroatoms. The summed E-state index contributed by atoms with van der Waals surface area (Å²) in [5, 5.41) is 10.5. The molecule has 0 aliphatic heterocycles. The highest BCUT2D eigenvalue weighted by Gasteiger charge is 2.17. The van der Waals surface area contributed by atoms with E-state index in [1.807, 2.05) is 12.1 Å². The number of hydrogen-bond acceptors (Lipinski definition) is 6. The summed E-state index contributed by atoms with van der Waals surface area (Å²) in [5.74, 6) is 0.165. The van der Waals surface area contributed by atoms with E-state index in [4.69, 9.17) is 9.15 Å². The molecule has 0 fully saturated rings. The number of rotatable bonds is 6. The number of hydrogen-bond donors (Lipinski definition) is 0. The van der Waals surface area contributed by atoms with E-state index in [1.54, 1.807) is 19.2 Å². The number of ether oxygens (including phenoxy) is 1. The van der Waals surface area contributed by atoms with Gasteiger partial charge in [-0.1, -0.05) is 0 Å². The topological polar surface area (TPSA) is 82.6 Å². The van der Waals surface area contributed by atoms with Crippen molar-refractivity contribution in [2.75, 3.05) is 12.9 Å². The molecule has 0 aliphatic rings. The van der Waals surface area contributed by atoms with Crippen LogP contribution in [0.15, 0.2) is 45.7 Å². The Hall–Kier alpha value is -2.28. The number of carbonyl (C=O) groups excluding carboxylic acids is 1. The van der Waals surface area contributed by atoms with Crippen molar-refractivity contribution in [3.05, 3.63) is 52.3 Å². The Morgan fingerprint density at radius 3 is 2.55 bits per heavy atom. The second-order valence-corrected chi connectivity index (χ2v) is 4.83. The molecule has 0 radical (unpaired) electrons. The van der Waals surface area contributed by atoms with E-state index >= 15 is 0 Å². The van der Waals surface area contributed by atoms with Gasteiger partial charge in [0.25, 0.3) is 0 Å². The Balaban J connectivity index is 1.95. The van der Waals surface area contributed by atoms with E-state index < -0.39 is 10.8 Å². The number of furan rings is 1. The molecule has 1 aromatic heterocycles. The van der Waals surface area contributed by atoms with Crippen LogP contribution in [-0.4, -0.2) is 23.6 Å². The van der Waals surface area contributed by atoms with Crippen molar-refractivity contribution in [1.29, 1.82) is 0 Å². The molecule has 0 unspecified atom stereocenters. The van der Waals surface area contributed by atoms with Crippen LogP contribution in [0, 0.1) is 10.1 Å². The number of methoxy groups -OCH3 is 1. The van der Waals surface area contributed by atoms with E-state index in [1.165, 1.54) is 23.9 Å². The molecule has 2 aromatic rings. The molecule has 0 saturated carbocycles.